The second-order valence-corrected chi connectivity index (χ2v) is 8.20. The van der Waals surface area contributed by atoms with E-state index in [0.717, 1.165) is 45.2 Å². The maximum absolute atomic E-state index is 12.8. The highest BCUT2D eigenvalue weighted by Gasteiger charge is 2.36. The fourth-order valence-corrected chi connectivity index (χ4v) is 3.82. The van der Waals surface area contributed by atoms with Gasteiger partial charge in [-0.15, -0.1) is 0 Å². The van der Waals surface area contributed by atoms with Crippen molar-refractivity contribution in [2.75, 3.05) is 13.1 Å². The predicted molar refractivity (Wildman–Crippen MR) is 104 cm³/mol. The minimum atomic E-state index is 0.0226. The number of carbonyl (C=O) groups excluding carboxylic acids is 2. The summed E-state index contributed by atoms with van der Waals surface area (Å²) in [6.45, 7) is 7.90. The zero-order chi connectivity index (χ0) is 18.7. The molecule has 1 aromatic rings. The van der Waals surface area contributed by atoms with Crippen molar-refractivity contribution in [3.8, 4) is 0 Å². The van der Waals surface area contributed by atoms with Gasteiger partial charge < -0.3 is 10.2 Å². The van der Waals surface area contributed by atoms with E-state index in [4.69, 9.17) is 0 Å². The van der Waals surface area contributed by atoms with E-state index in [1.54, 1.807) is 0 Å². The quantitative estimate of drug-likeness (QED) is 0.845. The lowest BCUT2D eigenvalue weighted by atomic mass is 9.91. The molecule has 4 heteroatoms. The Bertz CT molecular complexity index is 626. The van der Waals surface area contributed by atoms with E-state index in [2.05, 4.69) is 50.4 Å². The molecule has 0 aromatic heterocycles. The molecule has 1 heterocycles. The summed E-state index contributed by atoms with van der Waals surface area (Å²) in [5, 5.41) is 3.28. The molecule has 26 heavy (non-hydrogen) atoms. The van der Waals surface area contributed by atoms with E-state index < -0.39 is 0 Å². The number of amides is 2. The zero-order valence-electron chi connectivity index (χ0n) is 16.3. The van der Waals surface area contributed by atoms with Crippen LogP contribution >= 0.6 is 0 Å². The molecule has 2 amide bonds. The molecule has 1 saturated heterocycles. The average Bonchev–Trinajstić information content (AvgIpc) is 3.50. The lowest BCUT2D eigenvalue weighted by molar-refractivity contribution is -0.137. The molecule has 1 atom stereocenters. The predicted octanol–water partition coefficient (Wildman–Crippen LogP) is 3.71. The van der Waals surface area contributed by atoms with Crippen molar-refractivity contribution in [2.24, 2.45) is 17.8 Å². The molecule has 4 nitrogen and oxygen atoms in total. The van der Waals surface area contributed by atoms with Gasteiger partial charge in [-0.2, -0.15) is 0 Å². The minimum Gasteiger partial charge on any atom is -0.349 e. The number of hydrogen-bond donors (Lipinski definition) is 1. The van der Waals surface area contributed by atoms with Crippen molar-refractivity contribution >= 4 is 11.8 Å². The summed E-state index contributed by atoms with van der Waals surface area (Å²) < 4.78 is 0. The third-order valence-electron chi connectivity index (χ3n) is 5.82. The number of nitrogens with zero attached hydrogens (tertiary/aromatic N) is 1. The molecule has 2 fully saturated rings. The van der Waals surface area contributed by atoms with Crippen LogP contribution in [0.25, 0.3) is 0 Å². The Morgan fingerprint density at radius 2 is 1.65 bits per heavy atom. The van der Waals surface area contributed by atoms with Crippen LogP contribution in [-0.2, 0) is 16.0 Å². The first-order valence-electron chi connectivity index (χ1n) is 10.2. The van der Waals surface area contributed by atoms with Crippen LogP contribution in [0.4, 0.5) is 0 Å². The lowest BCUT2D eigenvalue weighted by Crippen LogP contribution is -2.44. The third-order valence-corrected chi connectivity index (χ3v) is 5.82. The SMILES string of the molecule is CCc1ccc(C(NC(=O)C2CCN(C(=O)C3CC3)CC2)C(C)C)cc1. The van der Waals surface area contributed by atoms with Crippen molar-refractivity contribution in [2.45, 2.75) is 58.9 Å². The normalized spacial score (nSPS) is 19.5. The fourth-order valence-electron chi connectivity index (χ4n) is 3.82. The van der Waals surface area contributed by atoms with Crippen molar-refractivity contribution in [3.05, 3.63) is 35.4 Å². The van der Waals surface area contributed by atoms with Gasteiger partial charge in [0.25, 0.3) is 0 Å². The fraction of sp³-hybridized carbons (Fsp3) is 0.636. The Hall–Kier alpha value is -1.84. The Morgan fingerprint density at radius 3 is 2.15 bits per heavy atom. The first-order chi connectivity index (χ1) is 12.5. The Kier molecular flexibility index (Phi) is 6.00. The van der Waals surface area contributed by atoms with Crippen molar-refractivity contribution in [1.82, 2.24) is 10.2 Å². The Balaban J connectivity index is 1.57. The highest BCUT2D eigenvalue weighted by Crippen LogP contribution is 2.32. The van der Waals surface area contributed by atoms with Gasteiger partial charge in [-0.1, -0.05) is 45.0 Å². The molecule has 1 N–H and O–H groups in total. The van der Waals surface area contributed by atoms with E-state index in [1.165, 1.54) is 11.1 Å². The van der Waals surface area contributed by atoms with Gasteiger partial charge in [0.1, 0.15) is 0 Å². The molecule has 1 aromatic carbocycles. The maximum Gasteiger partial charge on any atom is 0.225 e. The molecule has 2 aliphatic rings. The Morgan fingerprint density at radius 1 is 1.04 bits per heavy atom. The van der Waals surface area contributed by atoms with E-state index in [0.29, 0.717) is 11.8 Å². The summed E-state index contributed by atoms with van der Waals surface area (Å²) in [5.41, 5.74) is 2.49. The number of aryl methyl sites for hydroxylation is 1. The third kappa shape index (κ3) is 4.46. The average molecular weight is 357 g/mol. The molecule has 1 saturated carbocycles. The van der Waals surface area contributed by atoms with E-state index >= 15 is 0 Å². The summed E-state index contributed by atoms with van der Waals surface area (Å²) in [7, 11) is 0. The van der Waals surface area contributed by atoms with Gasteiger partial charge in [0, 0.05) is 24.9 Å². The number of carbonyl (C=O) groups is 2. The van der Waals surface area contributed by atoms with Gasteiger partial charge in [0.2, 0.25) is 11.8 Å². The highest BCUT2D eigenvalue weighted by molar-refractivity contribution is 5.82. The molecule has 0 spiro atoms. The molecule has 0 bridgehead atoms. The number of piperidine rings is 1. The topological polar surface area (TPSA) is 49.4 Å². The van der Waals surface area contributed by atoms with Crippen molar-refractivity contribution in [3.63, 3.8) is 0 Å². The largest absolute Gasteiger partial charge is 0.349 e. The number of likely N-dealkylation sites (tertiary alicyclic amines) is 1. The van der Waals surface area contributed by atoms with Gasteiger partial charge >= 0.3 is 0 Å². The molecule has 142 valence electrons. The number of rotatable bonds is 6. The zero-order valence-corrected chi connectivity index (χ0v) is 16.3. The van der Waals surface area contributed by atoms with Crippen LogP contribution < -0.4 is 5.32 Å². The van der Waals surface area contributed by atoms with Crippen molar-refractivity contribution in [1.29, 1.82) is 0 Å². The summed E-state index contributed by atoms with van der Waals surface area (Å²) in [4.78, 5) is 26.9. The lowest BCUT2D eigenvalue weighted by Gasteiger charge is -2.33. The van der Waals surface area contributed by atoms with E-state index in [1.807, 2.05) is 4.90 Å². The first kappa shape index (κ1) is 18.9. The smallest absolute Gasteiger partial charge is 0.225 e. The maximum atomic E-state index is 12.8. The standard InChI is InChI=1S/C22H32N2O2/c1-4-16-5-7-17(8-6-16)20(15(2)3)23-21(25)18-11-13-24(14-12-18)22(26)19-9-10-19/h5-8,15,18-20H,4,9-14H2,1-3H3,(H,23,25). The van der Waals surface area contributed by atoms with Gasteiger partial charge in [0.15, 0.2) is 0 Å². The molecular formula is C22H32N2O2. The van der Waals surface area contributed by atoms with Crippen LogP contribution in [0, 0.1) is 17.8 Å². The minimum absolute atomic E-state index is 0.0226. The number of nitrogens with one attached hydrogen (secondary N) is 1. The molecule has 0 radical (unpaired) electrons. The van der Waals surface area contributed by atoms with Crippen LogP contribution in [0.1, 0.15) is 63.6 Å². The van der Waals surface area contributed by atoms with Gasteiger partial charge in [0.05, 0.1) is 6.04 Å². The van der Waals surface area contributed by atoms with Gasteiger partial charge in [-0.25, -0.2) is 0 Å². The monoisotopic (exact) mass is 356 g/mol. The molecule has 1 aliphatic carbocycles. The van der Waals surface area contributed by atoms with Crippen LogP contribution in [0.2, 0.25) is 0 Å². The van der Waals surface area contributed by atoms with Crippen molar-refractivity contribution < 1.29 is 9.59 Å². The van der Waals surface area contributed by atoms with Crippen LogP contribution in [0.15, 0.2) is 24.3 Å². The van der Waals surface area contributed by atoms with Crippen LogP contribution in [0.5, 0.6) is 0 Å². The molecule has 1 unspecified atom stereocenters. The highest BCUT2D eigenvalue weighted by atomic mass is 16.2. The molecule has 1 aliphatic heterocycles. The summed E-state index contributed by atoms with van der Waals surface area (Å²) >= 11 is 0. The number of benzene rings is 1. The number of hydrogen-bond acceptors (Lipinski definition) is 2. The summed E-state index contributed by atoms with van der Waals surface area (Å²) in [6.07, 6.45) is 4.68. The van der Waals surface area contributed by atoms with Crippen LogP contribution in [0.3, 0.4) is 0 Å². The summed E-state index contributed by atoms with van der Waals surface area (Å²) in [6, 6.07) is 8.62. The van der Waals surface area contributed by atoms with Gasteiger partial charge in [-0.05, 0) is 49.1 Å². The second-order valence-electron chi connectivity index (χ2n) is 8.20. The van der Waals surface area contributed by atoms with E-state index in [9.17, 15) is 9.59 Å². The Labute approximate surface area is 157 Å². The summed E-state index contributed by atoms with van der Waals surface area (Å²) in [5.74, 6) is 1.08. The van der Waals surface area contributed by atoms with Crippen LogP contribution in [-0.4, -0.2) is 29.8 Å². The second kappa shape index (κ2) is 8.24. The van der Waals surface area contributed by atoms with E-state index in [-0.39, 0.29) is 23.8 Å². The molecular weight excluding hydrogens is 324 g/mol. The molecule has 3 rings (SSSR count). The first-order valence-corrected chi connectivity index (χ1v) is 10.2. The van der Waals surface area contributed by atoms with Gasteiger partial charge in [-0.3, -0.25) is 9.59 Å².